The number of ketones is 1. The molecule has 0 heterocycles. The Labute approximate surface area is 98.2 Å². The van der Waals surface area contributed by atoms with Crippen LogP contribution in [0, 0.1) is 0 Å². The molecule has 0 spiro atoms. The number of carbonyl (C=O) groups is 2. The van der Waals surface area contributed by atoms with Crippen molar-refractivity contribution >= 4 is 11.7 Å². The number of Topliss-reactive ketones (excluding diaryl/α,β-unsaturated/α-hetero) is 1. The second kappa shape index (κ2) is 8.28. The van der Waals surface area contributed by atoms with Crippen LogP contribution >= 0.6 is 0 Å². The Balaban J connectivity index is 3.68. The molecule has 0 rings (SSSR count). The maximum atomic E-state index is 11.3. The smallest absolute Gasteiger partial charge is 0.216 e. The molecule has 0 aromatic carbocycles. The Bertz CT molecular complexity index is 227. The molecular formula is C12H24N2O2. The van der Waals surface area contributed by atoms with Crippen LogP contribution in [0.15, 0.2) is 0 Å². The predicted molar refractivity (Wildman–Crippen MR) is 65.3 cm³/mol. The van der Waals surface area contributed by atoms with Gasteiger partial charge in [0.1, 0.15) is 5.78 Å². The largest absolute Gasteiger partial charge is 0.356 e. The van der Waals surface area contributed by atoms with E-state index >= 15 is 0 Å². The maximum Gasteiger partial charge on any atom is 0.216 e. The number of unbranched alkanes of at least 4 members (excludes halogenated alkanes) is 1. The summed E-state index contributed by atoms with van der Waals surface area (Å²) in [5.74, 6) is 0.191. The summed E-state index contributed by atoms with van der Waals surface area (Å²) in [6, 6.07) is 0.279. The second-order valence-electron chi connectivity index (χ2n) is 4.46. The van der Waals surface area contributed by atoms with Gasteiger partial charge in [-0.05, 0) is 26.2 Å². The topological polar surface area (TPSA) is 58.2 Å². The maximum absolute atomic E-state index is 11.3. The van der Waals surface area contributed by atoms with E-state index in [4.69, 9.17) is 0 Å². The SMILES string of the molecule is CC(=O)NCCCCC(NC(C)C)C(C)=O. The Morgan fingerprint density at radius 3 is 2.19 bits per heavy atom. The molecule has 4 nitrogen and oxygen atoms in total. The van der Waals surface area contributed by atoms with Gasteiger partial charge in [0, 0.05) is 19.5 Å². The van der Waals surface area contributed by atoms with E-state index in [9.17, 15) is 9.59 Å². The van der Waals surface area contributed by atoms with E-state index in [2.05, 4.69) is 10.6 Å². The summed E-state index contributed by atoms with van der Waals surface area (Å²) < 4.78 is 0. The quantitative estimate of drug-likeness (QED) is 0.615. The Kier molecular flexibility index (Phi) is 7.81. The van der Waals surface area contributed by atoms with Crippen LogP contribution < -0.4 is 10.6 Å². The molecule has 0 fully saturated rings. The van der Waals surface area contributed by atoms with Gasteiger partial charge in [0.2, 0.25) is 5.91 Å². The average molecular weight is 228 g/mol. The lowest BCUT2D eigenvalue weighted by Gasteiger charge is -2.18. The van der Waals surface area contributed by atoms with Gasteiger partial charge in [-0.3, -0.25) is 9.59 Å². The predicted octanol–water partition coefficient (Wildman–Crippen LogP) is 1.25. The van der Waals surface area contributed by atoms with Crippen LogP contribution in [0.4, 0.5) is 0 Å². The van der Waals surface area contributed by atoms with Crippen LogP contribution in [-0.4, -0.2) is 30.3 Å². The monoisotopic (exact) mass is 228 g/mol. The van der Waals surface area contributed by atoms with Gasteiger partial charge in [-0.1, -0.05) is 13.8 Å². The summed E-state index contributed by atoms with van der Waals surface area (Å²) >= 11 is 0. The van der Waals surface area contributed by atoms with Crippen molar-refractivity contribution in [2.75, 3.05) is 6.54 Å². The van der Waals surface area contributed by atoms with Gasteiger partial charge in [-0.2, -0.15) is 0 Å². The highest BCUT2D eigenvalue weighted by atomic mass is 16.1. The van der Waals surface area contributed by atoms with Crippen LogP contribution in [-0.2, 0) is 9.59 Å². The first-order chi connectivity index (χ1) is 7.43. The summed E-state index contributed by atoms with van der Waals surface area (Å²) in [5, 5.41) is 5.99. The Morgan fingerprint density at radius 2 is 1.75 bits per heavy atom. The summed E-state index contributed by atoms with van der Waals surface area (Å²) in [4.78, 5) is 21.9. The van der Waals surface area contributed by atoms with Gasteiger partial charge < -0.3 is 10.6 Å². The van der Waals surface area contributed by atoms with Gasteiger partial charge in [0.05, 0.1) is 6.04 Å². The minimum Gasteiger partial charge on any atom is -0.356 e. The van der Waals surface area contributed by atoms with Crippen molar-refractivity contribution in [2.45, 2.75) is 59.0 Å². The fourth-order valence-corrected chi connectivity index (χ4v) is 1.54. The zero-order chi connectivity index (χ0) is 12.6. The van der Waals surface area contributed by atoms with Crippen molar-refractivity contribution in [3.05, 3.63) is 0 Å². The van der Waals surface area contributed by atoms with Crippen molar-refractivity contribution < 1.29 is 9.59 Å². The standard InChI is InChI=1S/C12H24N2O2/c1-9(2)14-12(10(3)15)7-5-6-8-13-11(4)16/h9,12,14H,5-8H2,1-4H3,(H,13,16). The average Bonchev–Trinajstić information content (AvgIpc) is 2.14. The van der Waals surface area contributed by atoms with E-state index < -0.39 is 0 Å². The van der Waals surface area contributed by atoms with Gasteiger partial charge in [0.25, 0.3) is 0 Å². The summed E-state index contributed by atoms with van der Waals surface area (Å²) in [5.41, 5.74) is 0. The van der Waals surface area contributed by atoms with Gasteiger partial charge in [-0.25, -0.2) is 0 Å². The van der Waals surface area contributed by atoms with E-state index in [1.807, 2.05) is 13.8 Å². The minimum atomic E-state index is -0.0441. The molecule has 1 amide bonds. The van der Waals surface area contributed by atoms with Crippen LogP contribution in [0.3, 0.4) is 0 Å². The third-order valence-electron chi connectivity index (χ3n) is 2.32. The van der Waals surface area contributed by atoms with Crippen molar-refractivity contribution in [2.24, 2.45) is 0 Å². The normalized spacial score (nSPS) is 12.6. The van der Waals surface area contributed by atoms with E-state index in [0.29, 0.717) is 12.6 Å². The van der Waals surface area contributed by atoms with Gasteiger partial charge in [-0.15, -0.1) is 0 Å². The van der Waals surface area contributed by atoms with E-state index in [-0.39, 0.29) is 17.7 Å². The number of nitrogens with one attached hydrogen (secondary N) is 2. The van der Waals surface area contributed by atoms with E-state index in [0.717, 1.165) is 19.3 Å². The molecule has 0 saturated heterocycles. The van der Waals surface area contributed by atoms with Crippen molar-refractivity contribution in [1.82, 2.24) is 10.6 Å². The Morgan fingerprint density at radius 1 is 1.12 bits per heavy atom. The van der Waals surface area contributed by atoms with Crippen molar-refractivity contribution in [1.29, 1.82) is 0 Å². The van der Waals surface area contributed by atoms with Crippen molar-refractivity contribution in [3.63, 3.8) is 0 Å². The minimum absolute atomic E-state index is 0.00317. The van der Waals surface area contributed by atoms with Crippen LogP contribution in [0.5, 0.6) is 0 Å². The molecule has 2 N–H and O–H groups in total. The molecule has 0 saturated carbocycles. The van der Waals surface area contributed by atoms with Crippen LogP contribution in [0.2, 0.25) is 0 Å². The lowest BCUT2D eigenvalue weighted by Crippen LogP contribution is -2.39. The fourth-order valence-electron chi connectivity index (χ4n) is 1.54. The third kappa shape index (κ3) is 8.41. The molecule has 4 heteroatoms. The molecule has 94 valence electrons. The van der Waals surface area contributed by atoms with Crippen LogP contribution in [0.1, 0.15) is 47.0 Å². The summed E-state index contributed by atoms with van der Waals surface area (Å²) in [7, 11) is 0. The van der Waals surface area contributed by atoms with Gasteiger partial charge in [0.15, 0.2) is 0 Å². The highest BCUT2D eigenvalue weighted by molar-refractivity contribution is 5.81. The molecule has 0 bridgehead atoms. The Hall–Kier alpha value is -0.900. The number of carbonyl (C=O) groups excluding carboxylic acids is 2. The lowest BCUT2D eigenvalue weighted by atomic mass is 10.1. The van der Waals surface area contributed by atoms with E-state index in [1.54, 1.807) is 6.92 Å². The highest BCUT2D eigenvalue weighted by Gasteiger charge is 2.13. The zero-order valence-electron chi connectivity index (χ0n) is 10.8. The molecule has 1 unspecified atom stereocenters. The summed E-state index contributed by atoms with van der Waals surface area (Å²) in [6.45, 7) is 7.90. The number of amides is 1. The molecule has 0 aromatic heterocycles. The zero-order valence-corrected chi connectivity index (χ0v) is 10.8. The molecule has 1 atom stereocenters. The first kappa shape index (κ1) is 15.1. The first-order valence-corrected chi connectivity index (χ1v) is 5.94. The third-order valence-corrected chi connectivity index (χ3v) is 2.32. The molecule has 16 heavy (non-hydrogen) atoms. The summed E-state index contributed by atoms with van der Waals surface area (Å²) in [6.07, 6.45) is 2.71. The van der Waals surface area contributed by atoms with Gasteiger partial charge >= 0.3 is 0 Å². The molecular weight excluding hydrogens is 204 g/mol. The van der Waals surface area contributed by atoms with Crippen LogP contribution in [0.25, 0.3) is 0 Å². The fraction of sp³-hybridized carbons (Fsp3) is 0.833. The highest BCUT2D eigenvalue weighted by Crippen LogP contribution is 2.03. The molecule has 0 aliphatic rings. The number of hydrogen-bond acceptors (Lipinski definition) is 3. The molecule has 0 aromatic rings. The molecule has 0 aliphatic heterocycles. The van der Waals surface area contributed by atoms with Crippen molar-refractivity contribution in [3.8, 4) is 0 Å². The molecule has 0 radical (unpaired) electrons. The molecule has 0 aliphatic carbocycles. The lowest BCUT2D eigenvalue weighted by molar-refractivity contribution is -0.120. The number of rotatable bonds is 8. The second-order valence-corrected chi connectivity index (χ2v) is 4.46. The van der Waals surface area contributed by atoms with E-state index in [1.165, 1.54) is 6.92 Å². The number of hydrogen-bond donors (Lipinski definition) is 2. The first-order valence-electron chi connectivity index (χ1n) is 5.94.